The normalized spacial score (nSPS) is 11.2. The molecule has 1 aromatic carbocycles. The molecule has 0 heterocycles. The van der Waals surface area contributed by atoms with Crippen molar-refractivity contribution in [3.8, 4) is 0 Å². The highest BCUT2D eigenvalue weighted by Crippen LogP contribution is 2.26. The predicted molar refractivity (Wildman–Crippen MR) is 78.6 cm³/mol. The smallest absolute Gasteiger partial charge is 0.342 e. The second-order valence-corrected chi connectivity index (χ2v) is 5.64. The maximum atomic E-state index is 10.9. The number of aliphatic hydroxyl groups excluding tert-OH is 1. The van der Waals surface area contributed by atoms with Crippen molar-refractivity contribution in [1.82, 2.24) is 0 Å². The van der Waals surface area contributed by atoms with Gasteiger partial charge in [-0.1, -0.05) is 13.8 Å². The molecule has 7 nitrogen and oxygen atoms in total. The highest BCUT2D eigenvalue weighted by Gasteiger charge is 2.21. The lowest BCUT2D eigenvalue weighted by Crippen LogP contribution is -2.23. The fourth-order valence-electron chi connectivity index (χ4n) is 1.96. The summed E-state index contributed by atoms with van der Waals surface area (Å²) in [6.07, 6.45) is 1.50. The SMILES string of the molecule is CC(C)(CCCO)CNc1ccc(C(=O)O)c([N+](=O)[O-])c1. The van der Waals surface area contributed by atoms with Gasteiger partial charge in [-0.2, -0.15) is 0 Å². The van der Waals surface area contributed by atoms with Crippen LogP contribution in [0.15, 0.2) is 18.2 Å². The molecule has 7 heteroatoms. The van der Waals surface area contributed by atoms with Crippen molar-refractivity contribution in [2.75, 3.05) is 18.5 Å². The fraction of sp³-hybridized carbons (Fsp3) is 0.500. The van der Waals surface area contributed by atoms with E-state index in [4.69, 9.17) is 10.2 Å². The number of nitro benzene ring substituents is 1. The molecule has 0 aliphatic rings. The number of hydrogen-bond donors (Lipinski definition) is 3. The van der Waals surface area contributed by atoms with Gasteiger partial charge in [-0.3, -0.25) is 10.1 Å². The van der Waals surface area contributed by atoms with E-state index >= 15 is 0 Å². The Hall–Kier alpha value is -2.15. The minimum atomic E-state index is -1.32. The van der Waals surface area contributed by atoms with Gasteiger partial charge in [0.05, 0.1) is 4.92 Å². The molecule has 0 unspecified atom stereocenters. The van der Waals surface area contributed by atoms with Gasteiger partial charge in [-0.05, 0) is 30.4 Å². The van der Waals surface area contributed by atoms with Crippen molar-refractivity contribution >= 4 is 17.3 Å². The van der Waals surface area contributed by atoms with Crippen molar-refractivity contribution < 1.29 is 19.9 Å². The predicted octanol–water partition coefficient (Wildman–Crippen LogP) is 2.50. The van der Waals surface area contributed by atoms with Crippen LogP contribution in [0.1, 0.15) is 37.0 Å². The van der Waals surface area contributed by atoms with E-state index in [0.29, 0.717) is 18.7 Å². The van der Waals surface area contributed by atoms with Gasteiger partial charge in [-0.15, -0.1) is 0 Å². The zero-order valence-electron chi connectivity index (χ0n) is 12.1. The summed E-state index contributed by atoms with van der Waals surface area (Å²) in [5.74, 6) is -1.32. The minimum absolute atomic E-state index is 0.0804. The van der Waals surface area contributed by atoms with Gasteiger partial charge in [0.2, 0.25) is 0 Å². The summed E-state index contributed by atoms with van der Waals surface area (Å²) in [5.41, 5.74) is -0.335. The maximum absolute atomic E-state index is 10.9. The van der Waals surface area contributed by atoms with Crippen molar-refractivity contribution in [2.45, 2.75) is 26.7 Å². The van der Waals surface area contributed by atoms with Gasteiger partial charge >= 0.3 is 5.97 Å². The molecule has 0 amide bonds. The van der Waals surface area contributed by atoms with Crippen LogP contribution in [-0.4, -0.2) is 34.3 Å². The number of nitrogens with zero attached hydrogens (tertiary/aromatic N) is 1. The molecular weight excluding hydrogens is 276 g/mol. The van der Waals surface area contributed by atoms with E-state index in [-0.39, 0.29) is 17.6 Å². The van der Waals surface area contributed by atoms with Crippen molar-refractivity contribution in [1.29, 1.82) is 0 Å². The number of hydrogen-bond acceptors (Lipinski definition) is 5. The highest BCUT2D eigenvalue weighted by atomic mass is 16.6. The molecule has 0 radical (unpaired) electrons. The standard InChI is InChI=1S/C14H20N2O5/c1-14(2,6-3-7-17)9-15-10-4-5-11(13(18)19)12(8-10)16(20)21/h4-5,8,15,17H,3,6-7,9H2,1-2H3,(H,18,19). The Morgan fingerprint density at radius 2 is 2.10 bits per heavy atom. The van der Waals surface area contributed by atoms with Gasteiger partial charge in [-0.25, -0.2) is 4.79 Å². The molecule has 0 bridgehead atoms. The third-order valence-electron chi connectivity index (χ3n) is 3.21. The topological polar surface area (TPSA) is 113 Å². The van der Waals surface area contributed by atoms with Gasteiger partial charge in [0, 0.05) is 24.9 Å². The fourth-order valence-corrected chi connectivity index (χ4v) is 1.96. The lowest BCUT2D eigenvalue weighted by molar-refractivity contribution is -0.385. The number of aromatic carboxylic acids is 1. The number of carboxylic acids is 1. The van der Waals surface area contributed by atoms with Crippen LogP contribution in [0.25, 0.3) is 0 Å². The zero-order valence-corrected chi connectivity index (χ0v) is 12.1. The summed E-state index contributed by atoms with van der Waals surface area (Å²) in [5, 5.41) is 31.7. The molecule has 0 aromatic heterocycles. The maximum Gasteiger partial charge on any atom is 0.342 e. The Kier molecular flexibility index (Phi) is 5.66. The Morgan fingerprint density at radius 1 is 1.43 bits per heavy atom. The largest absolute Gasteiger partial charge is 0.477 e. The molecule has 1 aromatic rings. The molecule has 0 fully saturated rings. The van der Waals surface area contributed by atoms with Crippen LogP contribution in [0, 0.1) is 15.5 Å². The molecule has 0 aliphatic heterocycles. The van der Waals surface area contributed by atoms with Crippen LogP contribution < -0.4 is 5.32 Å². The van der Waals surface area contributed by atoms with Gasteiger partial charge in [0.25, 0.3) is 5.69 Å². The molecule has 0 spiro atoms. The first-order chi connectivity index (χ1) is 9.76. The highest BCUT2D eigenvalue weighted by molar-refractivity contribution is 5.93. The quantitative estimate of drug-likeness (QED) is 0.502. The van der Waals surface area contributed by atoms with E-state index in [1.807, 2.05) is 13.8 Å². The molecule has 21 heavy (non-hydrogen) atoms. The first kappa shape index (κ1) is 16.9. The Morgan fingerprint density at radius 3 is 2.62 bits per heavy atom. The van der Waals surface area contributed by atoms with Gasteiger partial charge in [0.15, 0.2) is 0 Å². The summed E-state index contributed by atoms with van der Waals surface area (Å²) in [4.78, 5) is 21.1. The van der Waals surface area contributed by atoms with Crippen LogP contribution in [0.2, 0.25) is 0 Å². The lowest BCUT2D eigenvalue weighted by Gasteiger charge is -2.25. The average molecular weight is 296 g/mol. The minimum Gasteiger partial charge on any atom is -0.477 e. The second-order valence-electron chi connectivity index (χ2n) is 5.64. The molecule has 1 rings (SSSR count). The molecule has 0 aliphatic carbocycles. The molecule has 0 saturated heterocycles. The number of nitro groups is 1. The first-order valence-electron chi connectivity index (χ1n) is 6.63. The lowest BCUT2D eigenvalue weighted by atomic mass is 9.88. The molecule has 0 atom stereocenters. The van der Waals surface area contributed by atoms with Crippen LogP contribution in [0.3, 0.4) is 0 Å². The Balaban J connectivity index is 2.83. The summed E-state index contributed by atoms with van der Waals surface area (Å²) in [6.45, 7) is 4.74. The van der Waals surface area contributed by atoms with E-state index in [2.05, 4.69) is 5.32 Å². The van der Waals surface area contributed by atoms with Crippen LogP contribution in [0.4, 0.5) is 11.4 Å². The number of carbonyl (C=O) groups is 1. The molecular formula is C14H20N2O5. The number of benzene rings is 1. The Bertz CT molecular complexity index is 528. The number of rotatable bonds is 8. The summed E-state index contributed by atoms with van der Waals surface area (Å²) in [7, 11) is 0. The van der Waals surface area contributed by atoms with E-state index in [0.717, 1.165) is 6.42 Å². The van der Waals surface area contributed by atoms with E-state index in [1.54, 1.807) is 0 Å². The summed E-state index contributed by atoms with van der Waals surface area (Å²) < 4.78 is 0. The second kappa shape index (κ2) is 7.03. The van der Waals surface area contributed by atoms with Gasteiger partial charge in [0.1, 0.15) is 5.56 Å². The summed E-state index contributed by atoms with van der Waals surface area (Å²) >= 11 is 0. The van der Waals surface area contributed by atoms with E-state index < -0.39 is 16.6 Å². The number of nitrogens with one attached hydrogen (secondary N) is 1. The van der Waals surface area contributed by atoms with Crippen molar-refractivity contribution in [3.63, 3.8) is 0 Å². The Labute approximate surface area is 122 Å². The van der Waals surface area contributed by atoms with E-state index in [9.17, 15) is 14.9 Å². The van der Waals surface area contributed by atoms with Crippen LogP contribution in [0.5, 0.6) is 0 Å². The van der Waals surface area contributed by atoms with E-state index in [1.165, 1.54) is 18.2 Å². The third-order valence-corrected chi connectivity index (χ3v) is 3.21. The number of anilines is 1. The molecule has 3 N–H and O–H groups in total. The van der Waals surface area contributed by atoms with Crippen molar-refractivity contribution in [3.05, 3.63) is 33.9 Å². The number of carboxylic acid groups (broad SMARTS) is 1. The van der Waals surface area contributed by atoms with Crippen LogP contribution in [-0.2, 0) is 0 Å². The number of aliphatic hydroxyl groups is 1. The first-order valence-corrected chi connectivity index (χ1v) is 6.63. The third kappa shape index (κ3) is 5.03. The summed E-state index contributed by atoms with van der Waals surface area (Å²) in [6, 6.07) is 3.97. The average Bonchev–Trinajstić information content (AvgIpc) is 2.42. The monoisotopic (exact) mass is 296 g/mol. The molecule has 0 saturated carbocycles. The zero-order chi connectivity index (χ0) is 16.0. The van der Waals surface area contributed by atoms with Crippen molar-refractivity contribution in [2.24, 2.45) is 5.41 Å². The van der Waals surface area contributed by atoms with Gasteiger partial charge < -0.3 is 15.5 Å². The molecule has 116 valence electrons. The van der Waals surface area contributed by atoms with Crippen LogP contribution >= 0.6 is 0 Å².